The molecule has 1 aromatic carbocycles. The average Bonchev–Trinajstić information content (AvgIpc) is 3.08. The largest absolute Gasteiger partial charge is 0.497 e. The van der Waals surface area contributed by atoms with Crippen LogP contribution in [-0.2, 0) is 15.8 Å². The summed E-state index contributed by atoms with van der Waals surface area (Å²) in [6, 6.07) is 11.2. The second-order valence-corrected chi connectivity index (χ2v) is 7.24. The Morgan fingerprint density at radius 1 is 1.22 bits per heavy atom. The van der Waals surface area contributed by atoms with Crippen LogP contribution in [0.25, 0.3) is 0 Å². The van der Waals surface area contributed by atoms with E-state index in [1.165, 1.54) is 11.3 Å². The number of hydrogen-bond donors (Lipinski definition) is 2. The van der Waals surface area contributed by atoms with Crippen LogP contribution < -0.4 is 10.1 Å². The molecule has 0 saturated heterocycles. The maximum atomic E-state index is 12.6. The summed E-state index contributed by atoms with van der Waals surface area (Å²) in [6.07, 6.45) is 0. The van der Waals surface area contributed by atoms with Crippen molar-refractivity contribution in [1.82, 2.24) is 5.32 Å². The molecule has 0 radical (unpaired) electrons. The van der Waals surface area contributed by atoms with E-state index >= 15 is 0 Å². The van der Waals surface area contributed by atoms with Gasteiger partial charge in [-0.2, -0.15) is 0 Å². The van der Waals surface area contributed by atoms with Gasteiger partial charge in [0.1, 0.15) is 11.4 Å². The molecule has 1 atom stereocenters. The van der Waals surface area contributed by atoms with E-state index in [1.807, 2.05) is 55.6 Å². The highest BCUT2D eigenvalue weighted by atomic mass is 32.1. The molecule has 2 aromatic rings. The Hall–Kier alpha value is -1.85. The molecule has 0 aliphatic rings. The summed E-state index contributed by atoms with van der Waals surface area (Å²) in [5, 5.41) is 15.3. The standard InChI is InChI=1S/C18H23NO3S/c1-17(2,13-7-9-14(22-4)10-8-13)16(20)19-12-18(3,21)15-6-5-11-23-15/h5-11,21H,12H2,1-4H3,(H,19,20). The molecule has 0 aliphatic heterocycles. The second-order valence-electron chi connectivity index (χ2n) is 6.29. The minimum Gasteiger partial charge on any atom is -0.497 e. The third kappa shape index (κ3) is 3.92. The molecule has 0 spiro atoms. The van der Waals surface area contributed by atoms with E-state index in [-0.39, 0.29) is 12.5 Å². The Labute approximate surface area is 141 Å². The summed E-state index contributed by atoms with van der Waals surface area (Å²) < 4.78 is 5.14. The first kappa shape index (κ1) is 17.5. The first-order chi connectivity index (χ1) is 10.8. The molecule has 1 unspecified atom stereocenters. The lowest BCUT2D eigenvalue weighted by atomic mass is 9.83. The van der Waals surface area contributed by atoms with Gasteiger partial charge >= 0.3 is 0 Å². The zero-order valence-corrected chi connectivity index (χ0v) is 14.7. The van der Waals surface area contributed by atoms with Crippen LogP contribution >= 0.6 is 11.3 Å². The summed E-state index contributed by atoms with van der Waals surface area (Å²) >= 11 is 1.47. The first-order valence-corrected chi connectivity index (χ1v) is 8.34. The Balaban J connectivity index is 2.06. The highest BCUT2D eigenvalue weighted by Crippen LogP contribution is 2.27. The van der Waals surface area contributed by atoms with Crippen molar-refractivity contribution >= 4 is 17.2 Å². The molecule has 0 aliphatic carbocycles. The number of carbonyl (C=O) groups excluding carboxylic acids is 1. The number of thiophene rings is 1. The fourth-order valence-electron chi connectivity index (χ4n) is 2.28. The van der Waals surface area contributed by atoms with Crippen molar-refractivity contribution in [3.8, 4) is 5.75 Å². The number of hydrogen-bond acceptors (Lipinski definition) is 4. The molecule has 124 valence electrons. The number of nitrogens with one attached hydrogen (secondary N) is 1. The van der Waals surface area contributed by atoms with E-state index in [0.29, 0.717) is 0 Å². The SMILES string of the molecule is COc1ccc(C(C)(C)C(=O)NCC(C)(O)c2cccs2)cc1. The number of ether oxygens (including phenoxy) is 1. The van der Waals surface area contributed by atoms with Crippen LogP contribution in [0.2, 0.25) is 0 Å². The van der Waals surface area contributed by atoms with E-state index < -0.39 is 11.0 Å². The summed E-state index contributed by atoms with van der Waals surface area (Å²) in [4.78, 5) is 13.4. The lowest BCUT2D eigenvalue weighted by Crippen LogP contribution is -2.45. The number of carbonyl (C=O) groups is 1. The van der Waals surface area contributed by atoms with Crippen LogP contribution in [-0.4, -0.2) is 24.7 Å². The van der Waals surface area contributed by atoms with E-state index in [4.69, 9.17) is 4.74 Å². The maximum Gasteiger partial charge on any atom is 0.230 e. The summed E-state index contributed by atoms with van der Waals surface area (Å²) in [7, 11) is 1.61. The number of amides is 1. The van der Waals surface area contributed by atoms with Crippen molar-refractivity contribution in [2.45, 2.75) is 31.8 Å². The van der Waals surface area contributed by atoms with Gasteiger partial charge in [0, 0.05) is 4.88 Å². The van der Waals surface area contributed by atoms with Gasteiger partial charge in [-0.15, -0.1) is 11.3 Å². The van der Waals surface area contributed by atoms with E-state index in [9.17, 15) is 9.90 Å². The minimum absolute atomic E-state index is 0.125. The fraction of sp³-hybridized carbons (Fsp3) is 0.389. The van der Waals surface area contributed by atoms with Gasteiger partial charge in [0.15, 0.2) is 0 Å². The fourth-order valence-corrected chi connectivity index (χ4v) is 3.07. The molecule has 0 saturated carbocycles. The van der Waals surface area contributed by atoms with Gasteiger partial charge in [-0.3, -0.25) is 4.79 Å². The third-order valence-corrected chi connectivity index (χ3v) is 5.15. The van der Waals surface area contributed by atoms with Crippen molar-refractivity contribution in [2.75, 3.05) is 13.7 Å². The van der Waals surface area contributed by atoms with Crippen molar-refractivity contribution in [3.63, 3.8) is 0 Å². The Morgan fingerprint density at radius 3 is 2.39 bits per heavy atom. The van der Waals surface area contributed by atoms with Gasteiger partial charge in [0.05, 0.1) is 19.1 Å². The molecule has 2 N–H and O–H groups in total. The number of aliphatic hydroxyl groups is 1. The lowest BCUT2D eigenvalue weighted by Gasteiger charge is -2.28. The van der Waals surface area contributed by atoms with Crippen LogP contribution in [0.15, 0.2) is 41.8 Å². The van der Waals surface area contributed by atoms with Gasteiger partial charge in [-0.1, -0.05) is 18.2 Å². The van der Waals surface area contributed by atoms with Gasteiger partial charge in [-0.25, -0.2) is 0 Å². The molecule has 1 amide bonds. The highest BCUT2D eigenvalue weighted by Gasteiger charge is 2.32. The predicted molar refractivity (Wildman–Crippen MR) is 92.9 cm³/mol. The molecule has 1 aromatic heterocycles. The summed E-state index contributed by atoms with van der Waals surface area (Å²) in [6.45, 7) is 5.61. The molecule has 0 bridgehead atoms. The normalized spacial score (nSPS) is 14.1. The second kappa shape index (κ2) is 6.72. The molecule has 2 rings (SSSR count). The van der Waals surface area contributed by atoms with Crippen LogP contribution in [0.5, 0.6) is 5.75 Å². The van der Waals surface area contributed by atoms with Crippen molar-refractivity contribution in [3.05, 3.63) is 52.2 Å². The molecule has 5 heteroatoms. The van der Waals surface area contributed by atoms with Crippen molar-refractivity contribution in [2.24, 2.45) is 0 Å². The van der Waals surface area contributed by atoms with Crippen LogP contribution in [0, 0.1) is 0 Å². The number of benzene rings is 1. The van der Waals surface area contributed by atoms with Crippen molar-refractivity contribution in [1.29, 1.82) is 0 Å². The number of methoxy groups -OCH3 is 1. The molecule has 1 heterocycles. The average molecular weight is 333 g/mol. The maximum absolute atomic E-state index is 12.6. The van der Waals surface area contributed by atoms with Crippen LogP contribution in [0.4, 0.5) is 0 Å². The van der Waals surface area contributed by atoms with E-state index in [2.05, 4.69) is 5.32 Å². The molecule has 23 heavy (non-hydrogen) atoms. The zero-order chi connectivity index (χ0) is 17.1. The Bertz CT molecular complexity index is 645. The summed E-state index contributed by atoms with van der Waals surface area (Å²) in [5.41, 5.74) is -0.871. The third-order valence-electron chi connectivity index (χ3n) is 4.02. The Morgan fingerprint density at radius 2 is 1.87 bits per heavy atom. The van der Waals surface area contributed by atoms with Gasteiger partial charge in [0.2, 0.25) is 5.91 Å². The monoisotopic (exact) mass is 333 g/mol. The minimum atomic E-state index is -1.07. The topological polar surface area (TPSA) is 58.6 Å². The quantitative estimate of drug-likeness (QED) is 0.854. The van der Waals surface area contributed by atoms with E-state index in [1.54, 1.807) is 14.0 Å². The van der Waals surface area contributed by atoms with Crippen LogP contribution in [0.1, 0.15) is 31.2 Å². The van der Waals surface area contributed by atoms with Crippen molar-refractivity contribution < 1.29 is 14.6 Å². The smallest absolute Gasteiger partial charge is 0.230 e. The van der Waals surface area contributed by atoms with Gasteiger partial charge in [-0.05, 0) is 49.9 Å². The first-order valence-electron chi connectivity index (χ1n) is 7.46. The van der Waals surface area contributed by atoms with Gasteiger partial charge < -0.3 is 15.2 Å². The predicted octanol–water partition coefficient (Wildman–Crippen LogP) is 3.06. The summed E-state index contributed by atoms with van der Waals surface area (Å²) in [5.74, 6) is 0.630. The molecular formula is C18H23NO3S. The number of rotatable bonds is 6. The van der Waals surface area contributed by atoms with Crippen LogP contribution in [0.3, 0.4) is 0 Å². The Kier molecular flexibility index (Phi) is 5.12. The highest BCUT2D eigenvalue weighted by molar-refractivity contribution is 7.10. The van der Waals surface area contributed by atoms with E-state index in [0.717, 1.165) is 16.2 Å². The molecular weight excluding hydrogens is 310 g/mol. The molecule has 4 nitrogen and oxygen atoms in total. The van der Waals surface area contributed by atoms with Gasteiger partial charge in [0.25, 0.3) is 0 Å². The lowest BCUT2D eigenvalue weighted by molar-refractivity contribution is -0.126. The zero-order valence-electron chi connectivity index (χ0n) is 13.9. The molecule has 0 fully saturated rings.